The van der Waals surface area contributed by atoms with Crippen molar-refractivity contribution in [2.45, 2.75) is 26.3 Å². The van der Waals surface area contributed by atoms with Crippen molar-refractivity contribution in [1.82, 2.24) is 5.32 Å². The molecule has 104 valence electrons. The Morgan fingerprint density at radius 1 is 1.32 bits per heavy atom. The van der Waals surface area contributed by atoms with Crippen LogP contribution in [0.1, 0.15) is 30.5 Å². The van der Waals surface area contributed by atoms with Crippen LogP contribution >= 0.6 is 0 Å². The third-order valence-corrected chi connectivity index (χ3v) is 2.65. The predicted octanol–water partition coefficient (Wildman–Crippen LogP) is 1.06. The number of amides is 1. The van der Waals surface area contributed by atoms with Gasteiger partial charge in [0.15, 0.2) is 0 Å². The molecule has 0 saturated heterocycles. The van der Waals surface area contributed by atoms with Gasteiger partial charge in [0.2, 0.25) is 5.91 Å². The maximum Gasteiger partial charge on any atom is 0.307 e. The molecule has 0 aliphatic carbocycles. The minimum atomic E-state index is -0.720. The number of benzene rings is 1. The van der Waals surface area contributed by atoms with Crippen molar-refractivity contribution in [1.29, 1.82) is 0 Å². The van der Waals surface area contributed by atoms with E-state index in [0.717, 1.165) is 11.1 Å². The maximum absolute atomic E-state index is 11.8. The highest BCUT2D eigenvalue weighted by atomic mass is 16.5. The van der Waals surface area contributed by atoms with Gasteiger partial charge in [-0.05, 0) is 19.4 Å². The van der Waals surface area contributed by atoms with Crippen molar-refractivity contribution < 1.29 is 14.3 Å². The third kappa shape index (κ3) is 5.09. The Morgan fingerprint density at radius 2 is 1.95 bits per heavy atom. The molecule has 1 amide bonds. The van der Waals surface area contributed by atoms with Gasteiger partial charge in [0.05, 0.1) is 13.0 Å². The van der Waals surface area contributed by atoms with Crippen LogP contribution in [0.2, 0.25) is 0 Å². The first-order chi connectivity index (χ1) is 9.04. The van der Waals surface area contributed by atoms with Gasteiger partial charge < -0.3 is 15.8 Å². The number of carbonyl (C=O) groups is 2. The zero-order valence-electron chi connectivity index (χ0n) is 11.3. The van der Waals surface area contributed by atoms with E-state index in [1.54, 1.807) is 6.92 Å². The molecule has 0 spiro atoms. The number of esters is 1. The molecule has 19 heavy (non-hydrogen) atoms. The molecule has 0 radical (unpaired) electrons. The second-order valence-electron chi connectivity index (χ2n) is 4.23. The van der Waals surface area contributed by atoms with Crippen LogP contribution in [0.15, 0.2) is 24.3 Å². The largest absolute Gasteiger partial charge is 0.466 e. The molecule has 1 aromatic carbocycles. The van der Waals surface area contributed by atoms with E-state index in [2.05, 4.69) is 5.32 Å². The average molecular weight is 264 g/mol. The standard InChI is InChI=1S/C14H20N2O3/c1-3-19-12(17)8-9-16-14(18)13(15)11-6-4-10(2)5-7-11/h4-7,13H,3,8-9,15H2,1-2H3,(H,16,18). The summed E-state index contributed by atoms with van der Waals surface area (Å²) in [6.45, 7) is 4.28. The summed E-state index contributed by atoms with van der Waals surface area (Å²) in [6.07, 6.45) is 0.153. The fraction of sp³-hybridized carbons (Fsp3) is 0.429. The van der Waals surface area contributed by atoms with E-state index >= 15 is 0 Å². The zero-order chi connectivity index (χ0) is 14.3. The summed E-state index contributed by atoms with van der Waals surface area (Å²) in [7, 11) is 0. The number of nitrogens with two attached hydrogens (primary N) is 1. The molecule has 1 rings (SSSR count). The van der Waals surface area contributed by atoms with E-state index in [1.807, 2.05) is 31.2 Å². The Balaban J connectivity index is 2.41. The number of carbonyl (C=O) groups excluding carboxylic acids is 2. The van der Waals surface area contributed by atoms with Crippen molar-refractivity contribution in [3.63, 3.8) is 0 Å². The Kier molecular flexibility index (Phi) is 6.02. The topological polar surface area (TPSA) is 81.4 Å². The molecule has 5 heteroatoms. The van der Waals surface area contributed by atoms with Crippen LogP contribution in [0.4, 0.5) is 0 Å². The van der Waals surface area contributed by atoms with Crippen molar-refractivity contribution in [2.24, 2.45) is 5.73 Å². The zero-order valence-corrected chi connectivity index (χ0v) is 11.3. The second-order valence-corrected chi connectivity index (χ2v) is 4.23. The van der Waals surface area contributed by atoms with Crippen molar-refractivity contribution >= 4 is 11.9 Å². The molecule has 3 N–H and O–H groups in total. The molecule has 1 unspecified atom stereocenters. The number of hydrogen-bond donors (Lipinski definition) is 2. The van der Waals surface area contributed by atoms with Gasteiger partial charge in [-0.25, -0.2) is 0 Å². The number of hydrogen-bond acceptors (Lipinski definition) is 4. The summed E-state index contributed by atoms with van der Waals surface area (Å²) in [5.74, 6) is -0.625. The predicted molar refractivity (Wildman–Crippen MR) is 72.4 cm³/mol. The fourth-order valence-electron chi connectivity index (χ4n) is 1.56. The van der Waals surface area contributed by atoms with Gasteiger partial charge in [0.1, 0.15) is 6.04 Å². The highest BCUT2D eigenvalue weighted by Crippen LogP contribution is 2.11. The van der Waals surface area contributed by atoms with Gasteiger partial charge in [0, 0.05) is 6.54 Å². The van der Waals surface area contributed by atoms with E-state index in [-0.39, 0.29) is 24.8 Å². The Bertz CT molecular complexity index is 429. The first-order valence-corrected chi connectivity index (χ1v) is 6.30. The fourth-order valence-corrected chi connectivity index (χ4v) is 1.56. The summed E-state index contributed by atoms with van der Waals surface area (Å²) in [5, 5.41) is 2.62. The lowest BCUT2D eigenvalue weighted by Gasteiger charge is -2.12. The SMILES string of the molecule is CCOC(=O)CCNC(=O)C(N)c1ccc(C)cc1. The van der Waals surface area contributed by atoms with E-state index in [0.29, 0.717) is 6.61 Å². The highest BCUT2D eigenvalue weighted by molar-refractivity contribution is 5.83. The number of nitrogens with one attached hydrogen (secondary N) is 1. The normalized spacial score (nSPS) is 11.7. The average Bonchev–Trinajstić information content (AvgIpc) is 2.39. The van der Waals surface area contributed by atoms with E-state index < -0.39 is 6.04 Å². The van der Waals surface area contributed by atoms with Gasteiger partial charge in [-0.15, -0.1) is 0 Å². The first-order valence-electron chi connectivity index (χ1n) is 6.30. The molecule has 0 fully saturated rings. The van der Waals surface area contributed by atoms with Crippen LogP contribution in [-0.2, 0) is 14.3 Å². The molecule has 0 aromatic heterocycles. The van der Waals surface area contributed by atoms with Crippen LogP contribution in [0, 0.1) is 6.92 Å². The summed E-state index contributed by atoms with van der Waals surface area (Å²) in [4.78, 5) is 22.9. The monoisotopic (exact) mass is 264 g/mol. The van der Waals surface area contributed by atoms with Gasteiger partial charge in [-0.1, -0.05) is 29.8 Å². The molecule has 0 heterocycles. The third-order valence-electron chi connectivity index (χ3n) is 2.65. The lowest BCUT2D eigenvalue weighted by atomic mass is 10.1. The smallest absolute Gasteiger partial charge is 0.307 e. The Hall–Kier alpha value is -1.88. The minimum Gasteiger partial charge on any atom is -0.466 e. The molecule has 1 atom stereocenters. The molecule has 0 saturated carbocycles. The lowest BCUT2D eigenvalue weighted by molar-refractivity contribution is -0.143. The van der Waals surface area contributed by atoms with Crippen molar-refractivity contribution in [3.8, 4) is 0 Å². The molecule has 5 nitrogen and oxygen atoms in total. The van der Waals surface area contributed by atoms with Crippen LogP contribution in [0.25, 0.3) is 0 Å². The van der Waals surface area contributed by atoms with Crippen LogP contribution in [-0.4, -0.2) is 25.0 Å². The summed E-state index contributed by atoms with van der Waals surface area (Å²) < 4.78 is 4.76. The first kappa shape index (κ1) is 15.2. The quantitative estimate of drug-likeness (QED) is 0.753. The molecular formula is C14H20N2O3. The Labute approximate surface area is 113 Å². The highest BCUT2D eigenvalue weighted by Gasteiger charge is 2.15. The van der Waals surface area contributed by atoms with E-state index in [1.165, 1.54) is 0 Å². The van der Waals surface area contributed by atoms with Crippen LogP contribution in [0.3, 0.4) is 0 Å². The van der Waals surface area contributed by atoms with Gasteiger partial charge >= 0.3 is 5.97 Å². The number of rotatable bonds is 6. The van der Waals surface area contributed by atoms with Gasteiger partial charge in [0.25, 0.3) is 0 Å². The van der Waals surface area contributed by atoms with Gasteiger partial charge in [-0.3, -0.25) is 9.59 Å². The van der Waals surface area contributed by atoms with Crippen molar-refractivity contribution in [3.05, 3.63) is 35.4 Å². The Morgan fingerprint density at radius 3 is 2.53 bits per heavy atom. The number of ether oxygens (including phenoxy) is 1. The second kappa shape index (κ2) is 7.53. The van der Waals surface area contributed by atoms with E-state index in [4.69, 9.17) is 10.5 Å². The van der Waals surface area contributed by atoms with E-state index in [9.17, 15) is 9.59 Å². The summed E-state index contributed by atoms with van der Waals surface area (Å²) >= 11 is 0. The maximum atomic E-state index is 11.8. The number of aryl methyl sites for hydroxylation is 1. The van der Waals surface area contributed by atoms with Crippen LogP contribution < -0.4 is 11.1 Å². The molecule has 0 aliphatic rings. The van der Waals surface area contributed by atoms with Gasteiger partial charge in [-0.2, -0.15) is 0 Å². The minimum absolute atomic E-state index is 0.153. The summed E-state index contributed by atoms with van der Waals surface area (Å²) in [6, 6.07) is 6.74. The van der Waals surface area contributed by atoms with Crippen molar-refractivity contribution in [2.75, 3.05) is 13.2 Å². The van der Waals surface area contributed by atoms with Crippen LogP contribution in [0.5, 0.6) is 0 Å². The summed E-state index contributed by atoms with van der Waals surface area (Å²) in [5.41, 5.74) is 7.70. The lowest BCUT2D eigenvalue weighted by Crippen LogP contribution is -2.35. The molecule has 0 bridgehead atoms. The molecule has 1 aromatic rings. The molecule has 0 aliphatic heterocycles. The molecular weight excluding hydrogens is 244 g/mol.